The highest BCUT2D eigenvalue weighted by atomic mass is 28.5. The summed E-state index contributed by atoms with van der Waals surface area (Å²) in [4.78, 5) is 0. The van der Waals surface area contributed by atoms with Crippen LogP contribution in [0.3, 0.4) is 0 Å². The number of rotatable bonds is 42. The zero-order valence-corrected chi connectivity index (χ0v) is 44.7. The van der Waals surface area contributed by atoms with E-state index in [1.54, 1.807) is 0 Å². The topological polar surface area (TPSA) is 36.9 Å². The molecule has 2 aromatic rings. The Balaban J connectivity index is 1.40. The van der Waals surface area contributed by atoms with E-state index in [9.17, 15) is 0 Å². The van der Waals surface area contributed by atoms with Crippen LogP contribution in [0.1, 0.15) is 243 Å². The number of hydrogen-bond donors (Lipinski definition) is 0. The average molecular weight is 922 g/mol. The number of benzene rings is 2. The lowest BCUT2D eigenvalue weighted by Gasteiger charge is -2.32. The fourth-order valence-electron chi connectivity index (χ4n) is 8.80. The van der Waals surface area contributed by atoms with Crippen molar-refractivity contribution >= 4 is 37.1 Å². The summed E-state index contributed by atoms with van der Waals surface area (Å²) in [5.41, 5.74) is 2.82. The molecule has 0 unspecified atom stereocenters. The van der Waals surface area contributed by atoms with Crippen molar-refractivity contribution in [3.05, 3.63) is 71.8 Å². The van der Waals surface area contributed by atoms with Crippen molar-refractivity contribution < 1.29 is 16.5 Å². The minimum absolute atomic E-state index is 1.02. The van der Waals surface area contributed by atoms with E-state index in [0.29, 0.717) is 0 Å². The van der Waals surface area contributed by atoms with Crippen LogP contribution in [0.25, 0.3) is 0 Å². The first-order chi connectivity index (χ1) is 30.8. The van der Waals surface area contributed by atoms with Gasteiger partial charge in [-0.15, -0.1) is 0 Å². The second kappa shape index (κ2) is 41.6. The highest BCUT2D eigenvalue weighted by molar-refractivity contribution is 6.73. The molecule has 1 aliphatic rings. The standard InChI is InChI=1S/C54H96O4Si4/c1-3-5-7-9-11-13-15-17-19-21-23-25-27-29-31-39-49-59-55-61(51-41-47-53-43-35-33-36-44-53)57-60(58-62(56-59)52-42-48-54-45-37-34-38-46-54)50-40-32-30-28-26-24-22-20-18-16-14-12-10-8-6-4-2/h33-38,43-46H,3-32,39-42,47-52H2,1-2H3. The van der Waals surface area contributed by atoms with E-state index in [0.717, 1.165) is 49.9 Å². The molecule has 4 radical (unpaired) electrons. The quantitative estimate of drug-likeness (QED) is 0.0491. The van der Waals surface area contributed by atoms with Crippen molar-refractivity contribution in [3.63, 3.8) is 0 Å². The Morgan fingerprint density at radius 2 is 0.468 bits per heavy atom. The molecule has 0 spiro atoms. The molecule has 0 atom stereocenters. The molecule has 0 amide bonds. The van der Waals surface area contributed by atoms with Gasteiger partial charge >= 0.3 is 37.1 Å². The summed E-state index contributed by atoms with van der Waals surface area (Å²) in [6.07, 6.45) is 49.1. The molecule has 0 aromatic heterocycles. The van der Waals surface area contributed by atoms with Crippen LogP contribution in [-0.2, 0) is 29.3 Å². The first kappa shape index (κ1) is 55.5. The Hall–Kier alpha value is -0.852. The minimum atomic E-state index is -1.44. The lowest BCUT2D eigenvalue weighted by Crippen LogP contribution is -2.48. The van der Waals surface area contributed by atoms with Crippen LogP contribution < -0.4 is 0 Å². The van der Waals surface area contributed by atoms with Gasteiger partial charge in [0.15, 0.2) is 0 Å². The molecular formula is C54H96O4Si4. The van der Waals surface area contributed by atoms with E-state index in [1.165, 1.54) is 217 Å². The normalized spacial score (nSPS) is 14.7. The zero-order valence-electron chi connectivity index (χ0n) is 40.7. The fourth-order valence-corrected chi connectivity index (χ4v) is 20.3. The molecule has 1 saturated heterocycles. The molecule has 1 fully saturated rings. The third kappa shape index (κ3) is 31.9. The van der Waals surface area contributed by atoms with Crippen LogP contribution in [0.4, 0.5) is 0 Å². The number of unbranched alkanes of at least 4 members (excludes halogenated alkanes) is 30. The number of aryl methyl sites for hydroxylation is 2. The first-order valence-corrected chi connectivity index (χ1v) is 33.1. The molecule has 0 aliphatic carbocycles. The van der Waals surface area contributed by atoms with Gasteiger partial charge in [0.05, 0.1) is 0 Å². The highest BCUT2D eigenvalue weighted by Crippen LogP contribution is 2.24. The predicted octanol–water partition coefficient (Wildman–Crippen LogP) is 17.8. The van der Waals surface area contributed by atoms with Gasteiger partial charge in [0, 0.05) is 0 Å². The molecule has 1 aliphatic heterocycles. The second-order valence-corrected chi connectivity index (χ2v) is 26.9. The van der Waals surface area contributed by atoms with E-state index in [-0.39, 0.29) is 0 Å². The van der Waals surface area contributed by atoms with E-state index in [4.69, 9.17) is 16.5 Å². The van der Waals surface area contributed by atoms with Crippen LogP contribution in [0.2, 0.25) is 24.2 Å². The van der Waals surface area contributed by atoms with Gasteiger partial charge in [0.25, 0.3) is 0 Å². The van der Waals surface area contributed by atoms with Crippen molar-refractivity contribution in [2.75, 3.05) is 0 Å². The molecule has 62 heavy (non-hydrogen) atoms. The van der Waals surface area contributed by atoms with Crippen LogP contribution in [0, 0.1) is 0 Å². The monoisotopic (exact) mass is 921 g/mol. The molecule has 1 heterocycles. The van der Waals surface area contributed by atoms with Crippen molar-refractivity contribution in [3.8, 4) is 0 Å². The fraction of sp³-hybridized carbons (Fsp3) is 0.778. The maximum absolute atomic E-state index is 7.04. The van der Waals surface area contributed by atoms with E-state index in [1.807, 2.05) is 0 Å². The molecule has 4 nitrogen and oxygen atoms in total. The predicted molar refractivity (Wildman–Crippen MR) is 275 cm³/mol. The highest BCUT2D eigenvalue weighted by Gasteiger charge is 2.37. The third-order valence-corrected chi connectivity index (χ3v) is 23.1. The van der Waals surface area contributed by atoms with Gasteiger partial charge < -0.3 is 16.5 Å². The van der Waals surface area contributed by atoms with Gasteiger partial charge in [-0.3, -0.25) is 0 Å². The Morgan fingerprint density at radius 1 is 0.258 bits per heavy atom. The van der Waals surface area contributed by atoms with Crippen LogP contribution in [0.15, 0.2) is 60.7 Å². The van der Waals surface area contributed by atoms with Crippen molar-refractivity contribution in [2.45, 2.75) is 269 Å². The molecule has 0 bridgehead atoms. The maximum atomic E-state index is 7.04. The van der Waals surface area contributed by atoms with Crippen LogP contribution in [-0.4, -0.2) is 37.1 Å². The van der Waals surface area contributed by atoms with Crippen molar-refractivity contribution in [1.29, 1.82) is 0 Å². The van der Waals surface area contributed by atoms with Crippen LogP contribution in [0.5, 0.6) is 0 Å². The summed E-state index contributed by atoms with van der Waals surface area (Å²) in [6, 6.07) is 26.1. The van der Waals surface area contributed by atoms with Gasteiger partial charge in [0.2, 0.25) is 0 Å². The second-order valence-electron chi connectivity index (χ2n) is 18.7. The summed E-state index contributed by atoms with van der Waals surface area (Å²) in [5, 5.41) is 0. The molecule has 352 valence electrons. The maximum Gasteiger partial charge on any atom is 0.365 e. The minimum Gasteiger partial charge on any atom is -0.414 e. The van der Waals surface area contributed by atoms with Gasteiger partial charge in [-0.25, -0.2) is 0 Å². The Kier molecular flexibility index (Phi) is 37.2. The van der Waals surface area contributed by atoms with E-state index in [2.05, 4.69) is 74.5 Å². The molecule has 0 N–H and O–H groups in total. The van der Waals surface area contributed by atoms with E-state index < -0.39 is 37.1 Å². The molecule has 3 rings (SSSR count). The van der Waals surface area contributed by atoms with Gasteiger partial charge in [0.1, 0.15) is 0 Å². The van der Waals surface area contributed by atoms with Crippen LogP contribution >= 0.6 is 0 Å². The molecule has 8 heteroatoms. The molecule has 0 saturated carbocycles. The lowest BCUT2D eigenvalue weighted by molar-refractivity contribution is 0.276. The van der Waals surface area contributed by atoms with Gasteiger partial charge in [-0.05, 0) is 61.0 Å². The largest absolute Gasteiger partial charge is 0.414 e. The van der Waals surface area contributed by atoms with Gasteiger partial charge in [-0.2, -0.15) is 0 Å². The van der Waals surface area contributed by atoms with Gasteiger partial charge in [-0.1, -0.05) is 280 Å². The SMILES string of the molecule is CCCCCCCCCCCCCCCCCC[Si]1O[Si](CCCc2ccccc2)O[Si](CCCCCCCCCCCCCCCCCC)O[Si](CCCc2ccccc2)O1. The van der Waals surface area contributed by atoms with E-state index >= 15 is 0 Å². The summed E-state index contributed by atoms with van der Waals surface area (Å²) in [6.45, 7) is 4.61. The van der Waals surface area contributed by atoms with Crippen molar-refractivity contribution in [1.82, 2.24) is 0 Å². The summed E-state index contributed by atoms with van der Waals surface area (Å²) in [5.74, 6) is 0. The smallest absolute Gasteiger partial charge is 0.365 e. The Morgan fingerprint density at radius 3 is 0.710 bits per heavy atom. The molecule has 2 aromatic carbocycles. The Bertz CT molecular complexity index is 1100. The summed E-state index contributed by atoms with van der Waals surface area (Å²) < 4.78 is 28.2. The Labute approximate surface area is 392 Å². The average Bonchev–Trinajstić information content (AvgIpc) is 3.28. The zero-order chi connectivity index (χ0) is 43.6. The third-order valence-electron chi connectivity index (χ3n) is 12.8. The summed E-state index contributed by atoms with van der Waals surface area (Å²) >= 11 is 0. The first-order valence-electron chi connectivity index (χ1n) is 27.0. The number of hydrogen-bond acceptors (Lipinski definition) is 4. The lowest BCUT2D eigenvalue weighted by atomic mass is 10.0. The van der Waals surface area contributed by atoms with Crippen molar-refractivity contribution in [2.24, 2.45) is 0 Å². The molecular weight excluding hydrogens is 825 g/mol. The summed E-state index contributed by atoms with van der Waals surface area (Å²) in [7, 11) is -5.74.